The molecular weight excluding hydrogens is 675 g/mol. The van der Waals surface area contributed by atoms with Crippen molar-refractivity contribution in [3.63, 3.8) is 0 Å². The van der Waals surface area contributed by atoms with Crippen LogP contribution in [-0.4, -0.2) is 4.57 Å². The zero-order chi connectivity index (χ0) is 35.7. The van der Waals surface area contributed by atoms with Crippen molar-refractivity contribution in [3.05, 3.63) is 175 Å². The molecule has 1 aliphatic rings. The van der Waals surface area contributed by atoms with E-state index in [0.29, 0.717) is 0 Å². The molecule has 0 amide bonds. The minimum atomic E-state index is -0.0900. The highest BCUT2D eigenvalue weighted by Crippen LogP contribution is 2.54. The second-order valence-electron chi connectivity index (χ2n) is 15.3. The van der Waals surface area contributed by atoms with Gasteiger partial charge >= 0.3 is 0 Å². The van der Waals surface area contributed by atoms with Crippen LogP contribution in [0, 0.1) is 0 Å². The van der Waals surface area contributed by atoms with Gasteiger partial charge in [-0.3, -0.25) is 0 Å². The maximum Gasteiger partial charge on any atom is 0.143 e. The number of aromatic nitrogens is 1. The molecule has 0 saturated carbocycles. The molecule has 11 aromatic rings. The Balaban J connectivity index is 0.966. The van der Waals surface area contributed by atoms with Crippen LogP contribution in [0.3, 0.4) is 0 Å². The Morgan fingerprint density at radius 1 is 0.481 bits per heavy atom. The Bertz CT molecular complexity index is 3350. The molecule has 54 heavy (non-hydrogen) atoms. The molecule has 8 aromatic carbocycles. The number of hydrogen-bond donors (Lipinski definition) is 0. The number of benzene rings is 8. The van der Waals surface area contributed by atoms with Crippen molar-refractivity contribution in [2.24, 2.45) is 0 Å². The maximum atomic E-state index is 6.38. The molecule has 0 saturated heterocycles. The first-order valence-electron chi connectivity index (χ1n) is 18.7. The number of rotatable bonds is 3. The predicted molar refractivity (Wildman–Crippen MR) is 229 cm³/mol. The van der Waals surface area contributed by atoms with Crippen molar-refractivity contribution in [1.29, 1.82) is 0 Å². The van der Waals surface area contributed by atoms with E-state index in [0.717, 1.165) is 38.8 Å². The summed E-state index contributed by atoms with van der Waals surface area (Å²) in [6.07, 6.45) is 0. The maximum absolute atomic E-state index is 6.38. The van der Waals surface area contributed by atoms with E-state index in [1.54, 1.807) is 0 Å². The summed E-state index contributed by atoms with van der Waals surface area (Å²) in [6, 6.07) is 60.1. The number of nitrogens with zero attached hydrogens (tertiary/aromatic N) is 1. The van der Waals surface area contributed by atoms with E-state index in [4.69, 9.17) is 4.42 Å². The molecule has 254 valence electrons. The van der Waals surface area contributed by atoms with Gasteiger partial charge in [0.15, 0.2) is 0 Å². The van der Waals surface area contributed by atoms with Gasteiger partial charge in [-0.25, -0.2) is 0 Å². The number of para-hydroxylation sites is 3. The highest BCUT2D eigenvalue weighted by atomic mass is 32.1. The van der Waals surface area contributed by atoms with Gasteiger partial charge < -0.3 is 8.98 Å². The molecule has 0 spiro atoms. The largest absolute Gasteiger partial charge is 0.455 e. The third-order valence-electron chi connectivity index (χ3n) is 12.0. The molecule has 0 atom stereocenters. The van der Waals surface area contributed by atoms with Crippen molar-refractivity contribution in [3.8, 4) is 39.1 Å². The summed E-state index contributed by atoms with van der Waals surface area (Å²) in [5.74, 6) is 0. The lowest BCUT2D eigenvalue weighted by Crippen LogP contribution is -2.14. The van der Waals surface area contributed by atoms with E-state index in [1.165, 1.54) is 75.4 Å². The number of fused-ring (bicyclic) bond motifs is 13. The quantitative estimate of drug-likeness (QED) is 0.179. The molecule has 0 N–H and O–H groups in total. The molecule has 0 aliphatic heterocycles. The van der Waals surface area contributed by atoms with E-state index >= 15 is 0 Å². The first-order valence-corrected chi connectivity index (χ1v) is 19.5. The van der Waals surface area contributed by atoms with Gasteiger partial charge in [0, 0.05) is 63.9 Å². The van der Waals surface area contributed by atoms with E-state index in [9.17, 15) is 0 Å². The van der Waals surface area contributed by atoms with Crippen molar-refractivity contribution in [1.82, 2.24) is 4.57 Å². The summed E-state index contributed by atoms with van der Waals surface area (Å²) < 4.78 is 11.5. The minimum absolute atomic E-state index is 0.0900. The molecular formula is C51H33NOS. The normalized spacial score (nSPS) is 13.5. The van der Waals surface area contributed by atoms with Crippen LogP contribution < -0.4 is 0 Å². The lowest BCUT2D eigenvalue weighted by molar-refractivity contribution is 0.661. The second kappa shape index (κ2) is 10.8. The van der Waals surface area contributed by atoms with Crippen molar-refractivity contribution in [2.75, 3.05) is 0 Å². The van der Waals surface area contributed by atoms with E-state index < -0.39 is 0 Å². The van der Waals surface area contributed by atoms with Gasteiger partial charge in [0.05, 0.1) is 11.0 Å². The van der Waals surface area contributed by atoms with Crippen LogP contribution >= 0.6 is 11.3 Å². The summed E-state index contributed by atoms with van der Waals surface area (Å²) in [7, 11) is 0. The third kappa shape index (κ3) is 4.05. The lowest BCUT2D eigenvalue weighted by Gasteiger charge is -2.22. The zero-order valence-electron chi connectivity index (χ0n) is 29.9. The van der Waals surface area contributed by atoms with Crippen LogP contribution in [0.15, 0.2) is 168 Å². The Kier molecular flexibility index (Phi) is 6.03. The van der Waals surface area contributed by atoms with Crippen LogP contribution in [-0.2, 0) is 5.41 Å². The van der Waals surface area contributed by atoms with Crippen molar-refractivity contribution < 1.29 is 4.42 Å². The van der Waals surface area contributed by atoms with Crippen LogP contribution in [0.4, 0.5) is 0 Å². The smallest absolute Gasteiger partial charge is 0.143 e. The SMILES string of the molecule is CC1(C)c2cc(-c3ccc4c(c3)c3ccccc3n4-c3ccc(-c4cccc5c4oc4ccccc45)cc3)ccc2-c2c1ccc1c2sc2ccccc21. The summed E-state index contributed by atoms with van der Waals surface area (Å²) >= 11 is 1.93. The fourth-order valence-corrected chi connectivity index (χ4v) is 10.6. The molecule has 0 fully saturated rings. The van der Waals surface area contributed by atoms with Gasteiger partial charge in [-0.1, -0.05) is 129 Å². The van der Waals surface area contributed by atoms with Crippen LogP contribution in [0.1, 0.15) is 25.0 Å². The summed E-state index contributed by atoms with van der Waals surface area (Å²) in [5.41, 5.74) is 15.7. The predicted octanol–water partition coefficient (Wildman–Crippen LogP) is 14.7. The van der Waals surface area contributed by atoms with Gasteiger partial charge in [0.2, 0.25) is 0 Å². The summed E-state index contributed by atoms with van der Waals surface area (Å²) in [6.45, 7) is 4.78. The van der Waals surface area contributed by atoms with Crippen molar-refractivity contribution in [2.45, 2.75) is 19.3 Å². The van der Waals surface area contributed by atoms with E-state index in [2.05, 4.69) is 170 Å². The van der Waals surface area contributed by atoms with E-state index in [1.807, 2.05) is 23.5 Å². The summed E-state index contributed by atoms with van der Waals surface area (Å²) in [4.78, 5) is 0. The second-order valence-corrected chi connectivity index (χ2v) is 16.3. The fourth-order valence-electron chi connectivity index (χ4n) is 9.38. The molecule has 3 aromatic heterocycles. The molecule has 2 nitrogen and oxygen atoms in total. The van der Waals surface area contributed by atoms with E-state index in [-0.39, 0.29) is 5.41 Å². The standard InChI is InChI=1S/C51H33NOS/c1-51(2)42-26-25-39-37-12-5-8-17-47(37)54-50(39)48(42)40-24-20-32(29-43(40)51)31-21-27-45-41(28-31)35-10-3-6-15-44(35)52(45)33-22-18-30(19-23-33)34-13-9-14-38-36-11-4-7-16-46(36)53-49(34)38/h3-29H,1-2H3. The first-order chi connectivity index (χ1) is 26.5. The molecule has 3 heteroatoms. The monoisotopic (exact) mass is 707 g/mol. The molecule has 1 aliphatic carbocycles. The van der Waals surface area contributed by atoms with Gasteiger partial charge in [-0.15, -0.1) is 11.3 Å². The zero-order valence-corrected chi connectivity index (χ0v) is 30.7. The Morgan fingerprint density at radius 2 is 1.19 bits per heavy atom. The van der Waals surface area contributed by atoms with Gasteiger partial charge in [-0.2, -0.15) is 0 Å². The Labute approximate surface area is 316 Å². The van der Waals surface area contributed by atoms with Gasteiger partial charge in [0.25, 0.3) is 0 Å². The topological polar surface area (TPSA) is 18.1 Å². The fraction of sp³-hybridized carbons (Fsp3) is 0.0588. The molecule has 12 rings (SSSR count). The minimum Gasteiger partial charge on any atom is -0.455 e. The summed E-state index contributed by atoms with van der Waals surface area (Å²) in [5, 5.41) is 7.53. The average molecular weight is 708 g/mol. The highest BCUT2D eigenvalue weighted by molar-refractivity contribution is 7.26. The number of thiophene rings is 1. The molecule has 0 unspecified atom stereocenters. The van der Waals surface area contributed by atoms with Crippen LogP contribution in [0.2, 0.25) is 0 Å². The Hall–Kier alpha value is -6.42. The van der Waals surface area contributed by atoms with Crippen LogP contribution in [0.5, 0.6) is 0 Å². The van der Waals surface area contributed by atoms with Crippen molar-refractivity contribution >= 4 is 75.3 Å². The van der Waals surface area contributed by atoms with Gasteiger partial charge in [-0.05, 0) is 81.9 Å². The average Bonchev–Trinajstić information content (AvgIpc) is 3.94. The highest BCUT2D eigenvalue weighted by Gasteiger charge is 2.37. The number of hydrogen-bond acceptors (Lipinski definition) is 2. The third-order valence-corrected chi connectivity index (χ3v) is 13.2. The molecule has 0 radical (unpaired) electrons. The number of furan rings is 1. The first kappa shape index (κ1) is 30.1. The molecule has 3 heterocycles. The lowest BCUT2D eigenvalue weighted by atomic mass is 9.81. The molecule has 0 bridgehead atoms. The van der Waals surface area contributed by atoms with Crippen LogP contribution in [0.25, 0.3) is 103 Å². The Morgan fingerprint density at radius 3 is 2.07 bits per heavy atom. The van der Waals surface area contributed by atoms with Gasteiger partial charge in [0.1, 0.15) is 11.2 Å².